The van der Waals surface area contributed by atoms with Gasteiger partial charge in [-0.15, -0.1) is 0 Å². The van der Waals surface area contributed by atoms with E-state index in [4.69, 9.17) is 10.3 Å². The van der Waals surface area contributed by atoms with Gasteiger partial charge in [0.1, 0.15) is 11.5 Å². The van der Waals surface area contributed by atoms with Gasteiger partial charge in [0.25, 0.3) is 5.89 Å². The average molecular weight is 256 g/mol. The maximum atomic E-state index is 13.4. The van der Waals surface area contributed by atoms with Crippen LogP contribution in [0.25, 0.3) is 23.0 Å². The van der Waals surface area contributed by atoms with Crippen LogP contribution < -0.4 is 5.73 Å². The third kappa shape index (κ3) is 2.15. The highest BCUT2D eigenvalue weighted by atomic mass is 19.1. The van der Waals surface area contributed by atoms with Gasteiger partial charge in [-0.2, -0.15) is 4.98 Å². The summed E-state index contributed by atoms with van der Waals surface area (Å²) in [6.07, 6.45) is 1.63. The molecule has 94 valence electrons. The fraction of sp³-hybridized carbons (Fsp3) is 0. The van der Waals surface area contributed by atoms with E-state index < -0.39 is 5.82 Å². The van der Waals surface area contributed by atoms with Crippen molar-refractivity contribution in [2.75, 3.05) is 5.73 Å². The minimum atomic E-state index is -0.518. The van der Waals surface area contributed by atoms with Gasteiger partial charge >= 0.3 is 0 Å². The molecule has 0 amide bonds. The molecule has 1 aromatic carbocycles. The highest BCUT2D eigenvalue weighted by molar-refractivity contribution is 5.60. The molecule has 0 saturated heterocycles. The van der Waals surface area contributed by atoms with Gasteiger partial charge in [-0.3, -0.25) is 4.98 Å². The van der Waals surface area contributed by atoms with Crippen LogP contribution in [0.3, 0.4) is 0 Å². The predicted octanol–water partition coefficient (Wildman–Crippen LogP) is 2.52. The Bertz CT molecular complexity index is 712. The molecular formula is C13H9FN4O. The number of anilines is 1. The molecule has 5 nitrogen and oxygen atoms in total. The molecule has 0 unspecified atom stereocenters. The number of nitrogens with two attached hydrogens (primary N) is 1. The number of nitrogens with zero attached hydrogens (tertiary/aromatic N) is 3. The van der Waals surface area contributed by atoms with Crippen molar-refractivity contribution in [1.29, 1.82) is 0 Å². The van der Waals surface area contributed by atoms with Crippen LogP contribution in [0.1, 0.15) is 0 Å². The lowest BCUT2D eigenvalue weighted by molar-refractivity contribution is 0.432. The molecule has 0 spiro atoms. The Balaban J connectivity index is 1.99. The predicted molar refractivity (Wildman–Crippen MR) is 67.3 cm³/mol. The molecule has 0 fully saturated rings. The van der Waals surface area contributed by atoms with Crippen LogP contribution >= 0.6 is 0 Å². The normalized spacial score (nSPS) is 10.6. The van der Waals surface area contributed by atoms with Crippen molar-refractivity contribution >= 4 is 5.69 Å². The SMILES string of the molecule is Nc1ccc(-c2nc(-c3ccccn3)no2)cc1F. The first-order valence-electron chi connectivity index (χ1n) is 5.54. The second kappa shape index (κ2) is 4.49. The number of hydrogen-bond acceptors (Lipinski definition) is 5. The van der Waals surface area contributed by atoms with Gasteiger partial charge in [0.2, 0.25) is 5.82 Å². The Morgan fingerprint density at radius 1 is 1.16 bits per heavy atom. The van der Waals surface area contributed by atoms with E-state index in [0.717, 1.165) is 0 Å². The van der Waals surface area contributed by atoms with E-state index >= 15 is 0 Å². The van der Waals surface area contributed by atoms with Crippen LogP contribution in [-0.4, -0.2) is 15.1 Å². The van der Waals surface area contributed by atoms with Crippen molar-refractivity contribution < 1.29 is 8.91 Å². The molecule has 6 heteroatoms. The number of halogens is 1. The zero-order valence-electron chi connectivity index (χ0n) is 9.75. The largest absolute Gasteiger partial charge is 0.396 e. The van der Waals surface area contributed by atoms with Gasteiger partial charge in [-0.05, 0) is 30.3 Å². The fourth-order valence-corrected chi connectivity index (χ4v) is 1.60. The maximum absolute atomic E-state index is 13.4. The summed E-state index contributed by atoms with van der Waals surface area (Å²) in [7, 11) is 0. The molecule has 2 N–H and O–H groups in total. The van der Waals surface area contributed by atoms with Crippen molar-refractivity contribution in [2.45, 2.75) is 0 Å². The number of aromatic nitrogens is 3. The topological polar surface area (TPSA) is 77.8 Å². The molecule has 0 saturated carbocycles. The lowest BCUT2D eigenvalue weighted by Crippen LogP contribution is -1.90. The molecule has 0 atom stereocenters. The van der Waals surface area contributed by atoms with E-state index in [0.29, 0.717) is 17.1 Å². The number of benzene rings is 1. The molecule has 0 aliphatic rings. The van der Waals surface area contributed by atoms with Crippen LogP contribution in [0, 0.1) is 5.82 Å². The van der Waals surface area contributed by atoms with Crippen molar-refractivity contribution in [3.8, 4) is 23.0 Å². The Hall–Kier alpha value is -2.76. The van der Waals surface area contributed by atoms with Crippen molar-refractivity contribution in [1.82, 2.24) is 15.1 Å². The molecule has 0 radical (unpaired) electrons. The summed E-state index contributed by atoms with van der Waals surface area (Å²) < 4.78 is 18.5. The Kier molecular flexibility index (Phi) is 2.68. The lowest BCUT2D eigenvalue weighted by atomic mass is 10.2. The summed E-state index contributed by atoms with van der Waals surface area (Å²) in [6.45, 7) is 0. The summed E-state index contributed by atoms with van der Waals surface area (Å²) >= 11 is 0. The summed E-state index contributed by atoms with van der Waals surface area (Å²) in [5, 5.41) is 3.81. The van der Waals surface area contributed by atoms with E-state index in [1.54, 1.807) is 24.4 Å². The molecule has 0 aliphatic heterocycles. The van der Waals surface area contributed by atoms with Gasteiger partial charge < -0.3 is 10.3 Å². The first-order chi connectivity index (χ1) is 9.24. The molecule has 3 rings (SSSR count). The van der Waals surface area contributed by atoms with Crippen LogP contribution in [-0.2, 0) is 0 Å². The smallest absolute Gasteiger partial charge is 0.258 e. The number of hydrogen-bond donors (Lipinski definition) is 1. The van der Waals surface area contributed by atoms with Crippen LogP contribution in [0.4, 0.5) is 10.1 Å². The highest BCUT2D eigenvalue weighted by Crippen LogP contribution is 2.23. The third-order valence-corrected chi connectivity index (χ3v) is 2.57. The fourth-order valence-electron chi connectivity index (χ4n) is 1.60. The van der Waals surface area contributed by atoms with Gasteiger partial charge in [-0.1, -0.05) is 11.2 Å². The maximum Gasteiger partial charge on any atom is 0.258 e. The van der Waals surface area contributed by atoms with E-state index in [-0.39, 0.29) is 11.6 Å². The summed E-state index contributed by atoms with van der Waals surface area (Å²) in [5.41, 5.74) is 6.55. The standard InChI is InChI=1S/C13H9FN4O/c14-9-7-8(4-5-10(9)15)13-17-12(18-19-13)11-3-1-2-6-16-11/h1-7H,15H2. The van der Waals surface area contributed by atoms with Crippen molar-refractivity contribution in [3.63, 3.8) is 0 Å². The number of rotatable bonds is 2. The molecule has 19 heavy (non-hydrogen) atoms. The lowest BCUT2D eigenvalue weighted by Gasteiger charge is -1.97. The zero-order valence-corrected chi connectivity index (χ0v) is 9.75. The quantitative estimate of drug-likeness (QED) is 0.713. The number of pyridine rings is 1. The number of nitrogen functional groups attached to an aromatic ring is 1. The van der Waals surface area contributed by atoms with Crippen LogP contribution in [0.2, 0.25) is 0 Å². The second-order valence-corrected chi connectivity index (χ2v) is 3.87. The highest BCUT2D eigenvalue weighted by Gasteiger charge is 2.12. The molecule has 2 aromatic heterocycles. The molecule has 2 heterocycles. The average Bonchev–Trinajstić information content (AvgIpc) is 2.93. The molecule has 0 bridgehead atoms. The summed E-state index contributed by atoms with van der Waals surface area (Å²) in [4.78, 5) is 8.28. The first-order valence-corrected chi connectivity index (χ1v) is 5.54. The van der Waals surface area contributed by atoms with Crippen molar-refractivity contribution in [3.05, 3.63) is 48.4 Å². The third-order valence-electron chi connectivity index (χ3n) is 2.57. The molecule has 0 aliphatic carbocycles. The van der Waals surface area contributed by atoms with Gasteiger partial charge in [0.15, 0.2) is 0 Å². The van der Waals surface area contributed by atoms with Crippen LogP contribution in [0.5, 0.6) is 0 Å². The zero-order chi connectivity index (χ0) is 13.2. The van der Waals surface area contributed by atoms with Gasteiger partial charge in [0.05, 0.1) is 5.69 Å². The van der Waals surface area contributed by atoms with Gasteiger partial charge in [-0.25, -0.2) is 4.39 Å². The monoisotopic (exact) mass is 256 g/mol. The molecule has 3 aromatic rings. The minimum absolute atomic E-state index is 0.0771. The second-order valence-electron chi connectivity index (χ2n) is 3.87. The van der Waals surface area contributed by atoms with E-state index in [1.807, 2.05) is 6.07 Å². The van der Waals surface area contributed by atoms with Crippen LogP contribution in [0.15, 0.2) is 47.1 Å². The summed E-state index contributed by atoms with van der Waals surface area (Å²) in [5.74, 6) is 0.0578. The molecular weight excluding hydrogens is 247 g/mol. The first kappa shape index (κ1) is 11.3. The Morgan fingerprint density at radius 2 is 2.05 bits per heavy atom. The Morgan fingerprint density at radius 3 is 2.79 bits per heavy atom. The Labute approximate surface area is 107 Å². The van der Waals surface area contributed by atoms with Gasteiger partial charge in [0, 0.05) is 11.8 Å². The van der Waals surface area contributed by atoms with Crippen molar-refractivity contribution in [2.24, 2.45) is 0 Å². The minimum Gasteiger partial charge on any atom is -0.396 e. The summed E-state index contributed by atoms with van der Waals surface area (Å²) in [6, 6.07) is 9.70. The van der Waals surface area contributed by atoms with E-state index in [2.05, 4.69) is 15.1 Å². The van der Waals surface area contributed by atoms with E-state index in [1.165, 1.54) is 12.1 Å². The van der Waals surface area contributed by atoms with E-state index in [9.17, 15) is 4.39 Å².